The van der Waals surface area contributed by atoms with E-state index < -0.39 is 0 Å². The summed E-state index contributed by atoms with van der Waals surface area (Å²) in [4.78, 5) is 12.2. The first-order valence-electron chi connectivity index (χ1n) is 6.37. The van der Waals surface area contributed by atoms with E-state index in [1.807, 2.05) is 13.0 Å². The van der Waals surface area contributed by atoms with E-state index in [1.54, 1.807) is 36.4 Å². The average Bonchev–Trinajstić information content (AvgIpc) is 2.48. The van der Waals surface area contributed by atoms with Crippen LogP contribution in [0.5, 0.6) is 0 Å². The minimum absolute atomic E-state index is 0.194. The molecule has 0 atom stereocenters. The third-order valence-corrected chi connectivity index (χ3v) is 3.28. The van der Waals surface area contributed by atoms with Gasteiger partial charge in [0.05, 0.1) is 0 Å². The number of amides is 1. The number of carbonyl (C=O) groups is 1. The predicted molar refractivity (Wildman–Crippen MR) is 84.5 cm³/mol. The summed E-state index contributed by atoms with van der Waals surface area (Å²) in [6.07, 6.45) is 0. The van der Waals surface area contributed by atoms with Crippen LogP contribution >= 0.6 is 11.6 Å². The summed E-state index contributed by atoms with van der Waals surface area (Å²) < 4.78 is 0. The molecule has 3 nitrogen and oxygen atoms in total. The SMILES string of the molecule is Cc1cc(C(=O)Nc2cccc(C#CCO)c2)ccc1Cl. The van der Waals surface area contributed by atoms with Gasteiger partial charge < -0.3 is 10.4 Å². The predicted octanol–water partition coefficient (Wildman–Crippen LogP) is 3.24. The topological polar surface area (TPSA) is 49.3 Å². The van der Waals surface area contributed by atoms with Gasteiger partial charge in [0.15, 0.2) is 0 Å². The highest BCUT2D eigenvalue weighted by molar-refractivity contribution is 6.31. The van der Waals surface area contributed by atoms with Crippen LogP contribution in [-0.2, 0) is 0 Å². The van der Waals surface area contributed by atoms with Gasteiger partial charge in [0.2, 0.25) is 0 Å². The summed E-state index contributed by atoms with van der Waals surface area (Å²) in [6.45, 7) is 1.66. The number of benzene rings is 2. The van der Waals surface area contributed by atoms with Crippen molar-refractivity contribution >= 4 is 23.2 Å². The smallest absolute Gasteiger partial charge is 0.255 e. The number of aryl methyl sites for hydroxylation is 1. The molecule has 0 radical (unpaired) electrons. The lowest BCUT2D eigenvalue weighted by Crippen LogP contribution is -2.12. The molecule has 1 amide bonds. The van der Waals surface area contributed by atoms with Crippen LogP contribution in [-0.4, -0.2) is 17.6 Å². The van der Waals surface area contributed by atoms with Crippen molar-refractivity contribution in [2.75, 3.05) is 11.9 Å². The molecule has 0 aliphatic rings. The Bertz CT molecular complexity index is 729. The Balaban J connectivity index is 2.17. The highest BCUT2D eigenvalue weighted by atomic mass is 35.5. The van der Waals surface area contributed by atoms with Gasteiger partial charge in [-0.1, -0.05) is 29.5 Å². The van der Waals surface area contributed by atoms with Crippen LogP contribution in [0.15, 0.2) is 42.5 Å². The van der Waals surface area contributed by atoms with Gasteiger partial charge in [-0.15, -0.1) is 0 Å². The molecule has 0 bridgehead atoms. The number of hydrogen-bond acceptors (Lipinski definition) is 2. The van der Waals surface area contributed by atoms with Crippen molar-refractivity contribution in [1.29, 1.82) is 0 Å². The van der Waals surface area contributed by atoms with E-state index in [0.29, 0.717) is 16.3 Å². The fourth-order valence-electron chi connectivity index (χ4n) is 1.81. The van der Waals surface area contributed by atoms with Crippen LogP contribution in [0.25, 0.3) is 0 Å². The molecule has 0 unspecified atom stereocenters. The van der Waals surface area contributed by atoms with Crippen LogP contribution in [0.1, 0.15) is 21.5 Å². The van der Waals surface area contributed by atoms with E-state index in [-0.39, 0.29) is 12.5 Å². The number of anilines is 1. The maximum absolute atomic E-state index is 12.2. The Labute approximate surface area is 128 Å². The van der Waals surface area contributed by atoms with Crippen molar-refractivity contribution in [3.63, 3.8) is 0 Å². The van der Waals surface area contributed by atoms with Crippen molar-refractivity contribution in [2.45, 2.75) is 6.92 Å². The Morgan fingerprint density at radius 3 is 2.81 bits per heavy atom. The zero-order valence-corrected chi connectivity index (χ0v) is 12.2. The lowest BCUT2D eigenvalue weighted by molar-refractivity contribution is 0.102. The summed E-state index contributed by atoms with van der Waals surface area (Å²) in [5.74, 6) is 5.16. The van der Waals surface area contributed by atoms with E-state index in [1.165, 1.54) is 0 Å². The van der Waals surface area contributed by atoms with Crippen LogP contribution in [0.2, 0.25) is 5.02 Å². The number of aliphatic hydroxyl groups is 1. The molecule has 0 saturated heterocycles. The van der Waals surface area contributed by atoms with E-state index in [4.69, 9.17) is 16.7 Å². The molecule has 0 aromatic heterocycles. The van der Waals surface area contributed by atoms with Crippen molar-refractivity contribution in [3.05, 3.63) is 64.2 Å². The molecule has 0 spiro atoms. The Morgan fingerprint density at radius 2 is 2.10 bits per heavy atom. The van der Waals surface area contributed by atoms with Gasteiger partial charge in [-0.3, -0.25) is 4.79 Å². The first-order chi connectivity index (χ1) is 10.1. The fourth-order valence-corrected chi connectivity index (χ4v) is 1.92. The molecule has 0 aliphatic carbocycles. The van der Waals surface area contributed by atoms with Gasteiger partial charge in [-0.05, 0) is 48.9 Å². The molecular formula is C17H14ClNO2. The molecule has 106 valence electrons. The van der Waals surface area contributed by atoms with E-state index in [9.17, 15) is 4.79 Å². The molecule has 21 heavy (non-hydrogen) atoms. The zero-order valence-electron chi connectivity index (χ0n) is 11.5. The third kappa shape index (κ3) is 4.09. The molecule has 2 N–H and O–H groups in total. The van der Waals surface area contributed by atoms with Gasteiger partial charge in [-0.2, -0.15) is 0 Å². The molecule has 0 saturated carbocycles. The maximum atomic E-state index is 12.2. The number of aliphatic hydroxyl groups excluding tert-OH is 1. The lowest BCUT2D eigenvalue weighted by atomic mass is 10.1. The minimum Gasteiger partial charge on any atom is -0.384 e. The van der Waals surface area contributed by atoms with Gasteiger partial charge in [-0.25, -0.2) is 0 Å². The van der Waals surface area contributed by atoms with Crippen LogP contribution in [0, 0.1) is 18.8 Å². The Hall–Kier alpha value is -2.28. The number of hydrogen-bond donors (Lipinski definition) is 2. The fraction of sp³-hybridized carbons (Fsp3) is 0.118. The number of carbonyl (C=O) groups excluding carboxylic acids is 1. The first kappa shape index (κ1) is 15.1. The second-order valence-corrected chi connectivity index (χ2v) is 4.87. The highest BCUT2D eigenvalue weighted by Crippen LogP contribution is 2.18. The summed E-state index contributed by atoms with van der Waals surface area (Å²) in [5.41, 5.74) is 2.78. The Kier molecular flexibility index (Phi) is 4.99. The molecule has 0 heterocycles. The molecule has 0 fully saturated rings. The summed E-state index contributed by atoms with van der Waals surface area (Å²) >= 11 is 5.95. The third-order valence-electron chi connectivity index (χ3n) is 2.85. The normalized spacial score (nSPS) is 9.67. The van der Waals surface area contributed by atoms with E-state index in [2.05, 4.69) is 17.2 Å². The highest BCUT2D eigenvalue weighted by Gasteiger charge is 2.07. The Morgan fingerprint density at radius 1 is 1.29 bits per heavy atom. The van der Waals surface area contributed by atoms with Crippen LogP contribution < -0.4 is 5.32 Å². The van der Waals surface area contributed by atoms with Gasteiger partial charge >= 0.3 is 0 Å². The lowest BCUT2D eigenvalue weighted by Gasteiger charge is -2.07. The van der Waals surface area contributed by atoms with E-state index >= 15 is 0 Å². The summed E-state index contributed by atoms with van der Waals surface area (Å²) in [6, 6.07) is 12.3. The number of nitrogens with one attached hydrogen (secondary N) is 1. The van der Waals surface area contributed by atoms with Crippen LogP contribution in [0.4, 0.5) is 5.69 Å². The molecule has 4 heteroatoms. The molecule has 2 aromatic carbocycles. The van der Waals surface area contributed by atoms with Gasteiger partial charge in [0.1, 0.15) is 6.61 Å². The molecule has 2 rings (SSSR count). The van der Waals surface area contributed by atoms with E-state index in [0.717, 1.165) is 11.1 Å². The van der Waals surface area contributed by atoms with Crippen molar-refractivity contribution in [3.8, 4) is 11.8 Å². The van der Waals surface area contributed by atoms with Gasteiger partial charge in [0, 0.05) is 21.8 Å². The zero-order chi connectivity index (χ0) is 15.2. The van der Waals surface area contributed by atoms with Crippen molar-refractivity contribution < 1.29 is 9.90 Å². The quantitative estimate of drug-likeness (QED) is 0.836. The average molecular weight is 300 g/mol. The summed E-state index contributed by atoms with van der Waals surface area (Å²) in [7, 11) is 0. The molecule has 2 aromatic rings. The molecular weight excluding hydrogens is 286 g/mol. The minimum atomic E-state index is -0.206. The van der Waals surface area contributed by atoms with Gasteiger partial charge in [0.25, 0.3) is 5.91 Å². The van der Waals surface area contributed by atoms with Crippen molar-refractivity contribution in [1.82, 2.24) is 0 Å². The largest absolute Gasteiger partial charge is 0.384 e. The summed E-state index contributed by atoms with van der Waals surface area (Å²) in [5, 5.41) is 12.1. The van der Waals surface area contributed by atoms with Crippen molar-refractivity contribution in [2.24, 2.45) is 0 Å². The number of rotatable bonds is 2. The monoisotopic (exact) mass is 299 g/mol. The second-order valence-electron chi connectivity index (χ2n) is 4.46. The number of halogens is 1. The molecule has 0 aliphatic heterocycles. The maximum Gasteiger partial charge on any atom is 0.255 e. The standard InChI is InChI=1S/C17H14ClNO2/c1-12-10-14(7-8-16(12)18)17(21)19-15-6-2-4-13(11-15)5-3-9-20/h2,4,6-8,10-11,20H,9H2,1H3,(H,19,21). The van der Waals surface area contributed by atoms with Crippen LogP contribution in [0.3, 0.4) is 0 Å². The first-order valence-corrected chi connectivity index (χ1v) is 6.75. The second kappa shape index (κ2) is 6.94.